The maximum absolute atomic E-state index is 6.28. The molecular weight excluding hydrogens is 242 g/mol. The van der Waals surface area contributed by atoms with E-state index < -0.39 is 0 Å². The molecule has 0 aliphatic heterocycles. The fourth-order valence-corrected chi connectivity index (χ4v) is 2.70. The van der Waals surface area contributed by atoms with Gasteiger partial charge in [0.05, 0.1) is 0 Å². The average Bonchev–Trinajstić information content (AvgIpc) is 2.37. The summed E-state index contributed by atoms with van der Waals surface area (Å²) >= 11 is 0. The highest BCUT2D eigenvalue weighted by molar-refractivity contribution is 5.29. The topological polar surface area (TPSA) is 26.0 Å². The van der Waals surface area contributed by atoms with Gasteiger partial charge in [-0.1, -0.05) is 59.2 Å². The molecule has 0 heterocycles. The van der Waals surface area contributed by atoms with Gasteiger partial charge < -0.3 is 5.73 Å². The minimum atomic E-state index is 0.234. The van der Waals surface area contributed by atoms with E-state index in [4.69, 9.17) is 5.73 Å². The van der Waals surface area contributed by atoms with Crippen LogP contribution in [0.5, 0.6) is 0 Å². The zero-order valence-corrected chi connectivity index (χ0v) is 12.8. The number of nitrogens with two attached hydrogens (primary N) is 1. The van der Waals surface area contributed by atoms with Gasteiger partial charge in [-0.05, 0) is 51.2 Å². The zero-order valence-electron chi connectivity index (χ0n) is 12.8. The van der Waals surface area contributed by atoms with Crippen LogP contribution in [0, 0.1) is 20.8 Å². The monoisotopic (exact) mass is 267 g/mol. The Balaban J connectivity index is 1.88. The van der Waals surface area contributed by atoms with Gasteiger partial charge in [0.1, 0.15) is 0 Å². The van der Waals surface area contributed by atoms with Crippen molar-refractivity contribution in [1.29, 1.82) is 0 Å². The van der Waals surface area contributed by atoms with Crippen molar-refractivity contribution in [3.63, 3.8) is 0 Å². The molecule has 0 amide bonds. The van der Waals surface area contributed by atoms with E-state index in [9.17, 15) is 0 Å². The third-order valence-electron chi connectivity index (χ3n) is 3.70. The predicted octanol–water partition coefficient (Wildman–Crippen LogP) is 4.11. The first-order valence-corrected chi connectivity index (χ1v) is 7.41. The fraction of sp³-hybridized carbons (Fsp3) is 0.368. The second-order valence-electron chi connectivity index (χ2n) is 5.98. The van der Waals surface area contributed by atoms with Gasteiger partial charge in [-0.2, -0.15) is 0 Å². The molecule has 1 unspecified atom stereocenters. The molecule has 1 atom stereocenters. The van der Waals surface area contributed by atoms with E-state index in [1.165, 1.54) is 27.8 Å². The molecule has 0 bridgehead atoms. The van der Waals surface area contributed by atoms with Crippen molar-refractivity contribution in [1.82, 2.24) is 0 Å². The Morgan fingerprint density at radius 1 is 0.800 bits per heavy atom. The standard InChI is InChI=1S/C19H25N/c1-14-4-6-17(7-5-14)8-9-19(20)13-18-11-15(2)10-16(3)12-18/h4-7,10-12,19H,8-9,13,20H2,1-3H3. The lowest BCUT2D eigenvalue weighted by Crippen LogP contribution is -2.23. The van der Waals surface area contributed by atoms with Crippen molar-refractivity contribution < 1.29 is 0 Å². The van der Waals surface area contributed by atoms with Crippen molar-refractivity contribution in [3.8, 4) is 0 Å². The Morgan fingerprint density at radius 2 is 1.40 bits per heavy atom. The minimum absolute atomic E-state index is 0.234. The van der Waals surface area contributed by atoms with Crippen LogP contribution < -0.4 is 5.73 Å². The van der Waals surface area contributed by atoms with Crippen LogP contribution in [0.15, 0.2) is 42.5 Å². The number of benzene rings is 2. The molecule has 2 aromatic rings. The lowest BCUT2D eigenvalue weighted by atomic mass is 9.97. The van der Waals surface area contributed by atoms with Gasteiger partial charge >= 0.3 is 0 Å². The minimum Gasteiger partial charge on any atom is -0.327 e. The van der Waals surface area contributed by atoms with Gasteiger partial charge in [-0.15, -0.1) is 0 Å². The van der Waals surface area contributed by atoms with Crippen molar-refractivity contribution >= 4 is 0 Å². The van der Waals surface area contributed by atoms with E-state index in [0.717, 1.165) is 19.3 Å². The zero-order chi connectivity index (χ0) is 14.5. The van der Waals surface area contributed by atoms with Gasteiger partial charge in [0.15, 0.2) is 0 Å². The summed E-state index contributed by atoms with van der Waals surface area (Å²) in [7, 11) is 0. The highest BCUT2D eigenvalue weighted by atomic mass is 14.6. The van der Waals surface area contributed by atoms with Crippen molar-refractivity contribution in [2.24, 2.45) is 5.73 Å². The Hall–Kier alpha value is -1.60. The van der Waals surface area contributed by atoms with E-state index >= 15 is 0 Å². The van der Waals surface area contributed by atoms with Crippen molar-refractivity contribution in [2.75, 3.05) is 0 Å². The largest absolute Gasteiger partial charge is 0.327 e. The summed E-state index contributed by atoms with van der Waals surface area (Å²) in [6.45, 7) is 6.41. The van der Waals surface area contributed by atoms with E-state index in [2.05, 4.69) is 63.2 Å². The summed E-state index contributed by atoms with van der Waals surface area (Å²) in [4.78, 5) is 0. The summed E-state index contributed by atoms with van der Waals surface area (Å²) in [6.07, 6.45) is 3.07. The Labute approximate surface area is 122 Å². The highest BCUT2D eigenvalue weighted by Gasteiger charge is 2.06. The molecule has 0 spiro atoms. The van der Waals surface area contributed by atoms with Gasteiger partial charge in [-0.25, -0.2) is 0 Å². The Bertz CT molecular complexity index is 534. The van der Waals surface area contributed by atoms with Gasteiger partial charge in [0, 0.05) is 6.04 Å². The summed E-state index contributed by atoms with van der Waals surface area (Å²) in [6, 6.07) is 15.7. The van der Waals surface area contributed by atoms with Crippen LogP contribution in [0.4, 0.5) is 0 Å². The Morgan fingerprint density at radius 3 is 2.00 bits per heavy atom. The predicted molar refractivity (Wildman–Crippen MR) is 87.1 cm³/mol. The summed E-state index contributed by atoms with van der Waals surface area (Å²) in [5.74, 6) is 0. The molecule has 0 radical (unpaired) electrons. The smallest absolute Gasteiger partial charge is 0.00824 e. The lowest BCUT2D eigenvalue weighted by molar-refractivity contribution is 0.610. The molecule has 0 fully saturated rings. The third kappa shape index (κ3) is 4.50. The van der Waals surface area contributed by atoms with Crippen LogP contribution in [0.2, 0.25) is 0 Å². The SMILES string of the molecule is Cc1ccc(CCC(N)Cc2cc(C)cc(C)c2)cc1. The molecule has 0 aliphatic carbocycles. The number of hydrogen-bond acceptors (Lipinski definition) is 1. The quantitative estimate of drug-likeness (QED) is 0.866. The van der Waals surface area contributed by atoms with Crippen molar-refractivity contribution in [2.45, 2.75) is 46.1 Å². The molecule has 2 N–H and O–H groups in total. The molecule has 0 aliphatic rings. The average molecular weight is 267 g/mol. The van der Waals surface area contributed by atoms with Crippen LogP contribution in [0.1, 0.15) is 34.2 Å². The van der Waals surface area contributed by atoms with Gasteiger partial charge in [0.25, 0.3) is 0 Å². The van der Waals surface area contributed by atoms with E-state index in [1.807, 2.05) is 0 Å². The van der Waals surface area contributed by atoms with Crippen molar-refractivity contribution in [3.05, 3.63) is 70.3 Å². The van der Waals surface area contributed by atoms with Gasteiger partial charge in [-0.3, -0.25) is 0 Å². The van der Waals surface area contributed by atoms with Gasteiger partial charge in [0.2, 0.25) is 0 Å². The molecule has 20 heavy (non-hydrogen) atoms. The molecule has 1 heteroatoms. The Kier molecular flexibility index (Phi) is 4.97. The maximum atomic E-state index is 6.28. The molecule has 2 aromatic carbocycles. The highest BCUT2D eigenvalue weighted by Crippen LogP contribution is 2.13. The molecule has 106 valence electrons. The second-order valence-corrected chi connectivity index (χ2v) is 5.98. The summed E-state index contributed by atoms with van der Waals surface area (Å²) in [5.41, 5.74) is 13.0. The molecule has 0 saturated carbocycles. The molecule has 0 saturated heterocycles. The van der Waals surface area contributed by atoms with E-state index in [0.29, 0.717) is 0 Å². The lowest BCUT2D eigenvalue weighted by Gasteiger charge is -2.13. The van der Waals surface area contributed by atoms with E-state index in [-0.39, 0.29) is 6.04 Å². The first kappa shape index (κ1) is 14.8. The molecule has 1 nitrogen and oxygen atoms in total. The van der Waals surface area contributed by atoms with Crippen LogP contribution in [-0.4, -0.2) is 6.04 Å². The third-order valence-corrected chi connectivity index (χ3v) is 3.70. The number of aryl methyl sites for hydroxylation is 4. The summed E-state index contributed by atoms with van der Waals surface area (Å²) in [5, 5.41) is 0. The second kappa shape index (κ2) is 6.71. The number of rotatable bonds is 5. The van der Waals surface area contributed by atoms with Crippen LogP contribution in [-0.2, 0) is 12.8 Å². The maximum Gasteiger partial charge on any atom is 0.00824 e. The first-order valence-electron chi connectivity index (χ1n) is 7.41. The molecule has 2 rings (SSSR count). The van der Waals surface area contributed by atoms with E-state index in [1.54, 1.807) is 0 Å². The molecule has 0 aromatic heterocycles. The summed E-state index contributed by atoms with van der Waals surface area (Å²) < 4.78 is 0. The van der Waals surface area contributed by atoms with Crippen LogP contribution >= 0.6 is 0 Å². The normalized spacial score (nSPS) is 12.4. The first-order chi connectivity index (χ1) is 9.52. The molecular formula is C19H25N. The van der Waals surface area contributed by atoms with Crippen LogP contribution in [0.3, 0.4) is 0 Å². The fourth-order valence-electron chi connectivity index (χ4n) is 2.70. The number of hydrogen-bond donors (Lipinski definition) is 1. The van der Waals surface area contributed by atoms with Crippen LogP contribution in [0.25, 0.3) is 0 Å².